The highest BCUT2D eigenvalue weighted by molar-refractivity contribution is 5.92. The molecule has 0 radical (unpaired) electrons. The minimum Gasteiger partial charge on any atom is -0.360 e. The molecule has 26 heavy (non-hydrogen) atoms. The molecule has 1 amide bonds. The van der Waals surface area contributed by atoms with Gasteiger partial charge in [-0.1, -0.05) is 29.4 Å². The Kier molecular flexibility index (Phi) is 3.62. The normalized spacial score (nSPS) is 22.0. The molecule has 2 unspecified atom stereocenters. The van der Waals surface area contributed by atoms with Crippen molar-refractivity contribution in [3.8, 4) is 0 Å². The zero-order valence-corrected chi connectivity index (χ0v) is 14.3. The number of aromatic nitrogens is 3. The predicted molar refractivity (Wildman–Crippen MR) is 94.7 cm³/mol. The van der Waals surface area contributed by atoms with Crippen LogP contribution in [0.3, 0.4) is 0 Å². The highest BCUT2D eigenvalue weighted by Crippen LogP contribution is 2.40. The number of amides is 1. The van der Waals surface area contributed by atoms with Gasteiger partial charge < -0.3 is 14.4 Å². The summed E-state index contributed by atoms with van der Waals surface area (Å²) < 4.78 is 7.42. The third-order valence-corrected chi connectivity index (χ3v) is 5.42. The van der Waals surface area contributed by atoms with Crippen LogP contribution in [0.1, 0.15) is 64.6 Å². The highest BCUT2D eigenvalue weighted by Gasteiger charge is 2.33. The predicted octanol–water partition coefficient (Wildman–Crippen LogP) is 3.41. The van der Waals surface area contributed by atoms with Crippen LogP contribution in [0, 0.1) is 0 Å². The first-order chi connectivity index (χ1) is 12.8. The molecule has 2 atom stereocenters. The lowest BCUT2D eigenvalue weighted by atomic mass is 9.83. The van der Waals surface area contributed by atoms with Gasteiger partial charge in [0.25, 0.3) is 5.91 Å². The summed E-state index contributed by atoms with van der Waals surface area (Å²) in [6.07, 6.45) is 9.73. The number of hydrogen-bond donors (Lipinski definition) is 1. The van der Waals surface area contributed by atoms with Crippen molar-refractivity contribution < 1.29 is 9.32 Å². The molecule has 5 rings (SSSR count). The fourth-order valence-electron chi connectivity index (χ4n) is 3.88. The maximum Gasteiger partial charge on any atom is 0.274 e. The fraction of sp³-hybridized carbons (Fsp3) is 0.350. The average molecular weight is 348 g/mol. The first kappa shape index (κ1) is 15.4. The lowest BCUT2D eigenvalue weighted by Gasteiger charge is -2.34. The van der Waals surface area contributed by atoms with Crippen LogP contribution in [0.4, 0.5) is 0 Å². The van der Waals surface area contributed by atoms with Crippen molar-refractivity contribution >= 4 is 5.91 Å². The molecule has 0 aliphatic heterocycles. The van der Waals surface area contributed by atoms with E-state index in [1.165, 1.54) is 5.56 Å². The molecule has 1 fully saturated rings. The molecule has 2 heterocycles. The van der Waals surface area contributed by atoms with Crippen LogP contribution in [0.2, 0.25) is 0 Å². The van der Waals surface area contributed by atoms with Crippen molar-refractivity contribution in [3.63, 3.8) is 0 Å². The number of carbonyl (C=O) groups excluding carboxylic acids is 1. The Bertz CT molecular complexity index is 927. The molecule has 0 bridgehead atoms. The largest absolute Gasteiger partial charge is 0.360 e. The lowest BCUT2D eigenvalue weighted by molar-refractivity contribution is 0.0908. The van der Waals surface area contributed by atoms with Gasteiger partial charge >= 0.3 is 0 Å². The number of benzene rings is 1. The van der Waals surface area contributed by atoms with E-state index in [-0.39, 0.29) is 18.0 Å². The van der Waals surface area contributed by atoms with Crippen LogP contribution in [0.25, 0.3) is 0 Å². The van der Waals surface area contributed by atoms with Crippen molar-refractivity contribution in [3.05, 3.63) is 71.6 Å². The molecular weight excluding hydrogens is 328 g/mol. The molecule has 1 saturated carbocycles. The van der Waals surface area contributed by atoms with Gasteiger partial charge in [-0.2, -0.15) is 0 Å². The fourth-order valence-corrected chi connectivity index (χ4v) is 3.88. The zero-order chi connectivity index (χ0) is 17.5. The number of fused-ring (bicyclic) bond motifs is 1. The summed E-state index contributed by atoms with van der Waals surface area (Å²) in [4.78, 5) is 17.0. The minimum absolute atomic E-state index is 0.122. The summed E-state index contributed by atoms with van der Waals surface area (Å²) >= 11 is 0. The summed E-state index contributed by atoms with van der Waals surface area (Å²) in [5.74, 6) is 1.08. The van der Waals surface area contributed by atoms with E-state index in [1.54, 1.807) is 12.3 Å². The number of rotatable bonds is 4. The van der Waals surface area contributed by atoms with Crippen LogP contribution >= 0.6 is 0 Å². The smallest absolute Gasteiger partial charge is 0.274 e. The second-order valence-electron chi connectivity index (χ2n) is 7.15. The van der Waals surface area contributed by atoms with Crippen LogP contribution < -0.4 is 5.32 Å². The Labute approximate surface area is 151 Å². The molecule has 1 N–H and O–H groups in total. The van der Waals surface area contributed by atoms with Crippen LogP contribution in [-0.2, 0) is 6.42 Å². The van der Waals surface area contributed by atoms with Crippen LogP contribution in [0.5, 0.6) is 0 Å². The van der Waals surface area contributed by atoms with Gasteiger partial charge in [-0.05, 0) is 36.8 Å². The van der Waals surface area contributed by atoms with Gasteiger partial charge in [-0.25, -0.2) is 4.98 Å². The molecule has 3 aromatic rings. The van der Waals surface area contributed by atoms with E-state index in [0.29, 0.717) is 11.6 Å². The summed E-state index contributed by atoms with van der Waals surface area (Å²) in [6.45, 7) is 0. The van der Waals surface area contributed by atoms with Crippen molar-refractivity contribution in [1.29, 1.82) is 0 Å². The Morgan fingerprint density at radius 1 is 1.23 bits per heavy atom. The first-order valence-electron chi connectivity index (χ1n) is 9.12. The number of hydrogen-bond acceptors (Lipinski definition) is 4. The molecule has 1 aromatic carbocycles. The number of nitrogens with zero attached hydrogens (tertiary/aromatic N) is 3. The third kappa shape index (κ3) is 2.71. The van der Waals surface area contributed by atoms with E-state index in [9.17, 15) is 4.79 Å². The van der Waals surface area contributed by atoms with Gasteiger partial charge in [0.1, 0.15) is 5.76 Å². The molecule has 0 spiro atoms. The Morgan fingerprint density at radius 3 is 2.92 bits per heavy atom. The molecule has 6 heteroatoms. The number of imidazole rings is 1. The summed E-state index contributed by atoms with van der Waals surface area (Å²) in [6, 6.07) is 10.1. The van der Waals surface area contributed by atoms with E-state index in [1.807, 2.05) is 18.6 Å². The molecule has 6 nitrogen and oxygen atoms in total. The molecule has 2 aromatic heterocycles. The Morgan fingerprint density at radius 2 is 2.12 bits per heavy atom. The molecule has 2 aliphatic carbocycles. The lowest BCUT2D eigenvalue weighted by Crippen LogP contribution is -2.37. The van der Waals surface area contributed by atoms with Gasteiger partial charge in [-0.15, -0.1) is 0 Å². The van der Waals surface area contributed by atoms with Gasteiger partial charge in [-0.3, -0.25) is 4.79 Å². The monoisotopic (exact) mass is 348 g/mol. The van der Waals surface area contributed by atoms with E-state index in [2.05, 4.69) is 38.2 Å². The maximum absolute atomic E-state index is 12.8. The van der Waals surface area contributed by atoms with Crippen molar-refractivity contribution in [1.82, 2.24) is 20.0 Å². The minimum atomic E-state index is -0.188. The average Bonchev–Trinajstić information content (AvgIpc) is 3.17. The zero-order valence-electron chi connectivity index (χ0n) is 14.3. The molecule has 132 valence electrons. The standard InChI is InChI=1S/C20H20N4O2/c25-20(16-11-18(26-23-16)14-5-6-14)22-19-15-4-2-1-3-13(15)7-8-17(19)24-10-9-21-12-24/h1-4,9-12,14,17,19H,5-8H2,(H,22,25). The van der Waals surface area contributed by atoms with E-state index >= 15 is 0 Å². The van der Waals surface area contributed by atoms with Gasteiger partial charge in [0.05, 0.1) is 18.4 Å². The molecule has 2 aliphatic rings. The summed E-state index contributed by atoms with van der Waals surface area (Å²) in [5, 5.41) is 7.17. The van der Waals surface area contributed by atoms with Gasteiger partial charge in [0, 0.05) is 24.4 Å². The summed E-state index contributed by atoms with van der Waals surface area (Å²) in [7, 11) is 0. The second kappa shape index (κ2) is 6.12. The number of aryl methyl sites for hydroxylation is 1. The molecule has 0 saturated heterocycles. The van der Waals surface area contributed by atoms with E-state index in [4.69, 9.17) is 4.52 Å². The third-order valence-electron chi connectivity index (χ3n) is 5.42. The highest BCUT2D eigenvalue weighted by atomic mass is 16.5. The number of carbonyl (C=O) groups is 1. The maximum atomic E-state index is 12.8. The topological polar surface area (TPSA) is 73.0 Å². The second-order valence-corrected chi connectivity index (χ2v) is 7.15. The molecular formula is C20H20N4O2. The summed E-state index contributed by atoms with van der Waals surface area (Å²) in [5.41, 5.74) is 2.81. The van der Waals surface area contributed by atoms with E-state index < -0.39 is 0 Å². The van der Waals surface area contributed by atoms with Crippen molar-refractivity contribution in [2.45, 2.75) is 43.7 Å². The Balaban J connectivity index is 1.45. The Hall–Kier alpha value is -2.89. The van der Waals surface area contributed by atoms with Crippen molar-refractivity contribution in [2.75, 3.05) is 0 Å². The quantitative estimate of drug-likeness (QED) is 0.784. The van der Waals surface area contributed by atoms with Crippen LogP contribution in [0.15, 0.2) is 53.6 Å². The van der Waals surface area contributed by atoms with Crippen molar-refractivity contribution in [2.24, 2.45) is 0 Å². The first-order valence-corrected chi connectivity index (χ1v) is 9.12. The van der Waals surface area contributed by atoms with Gasteiger partial charge in [0.2, 0.25) is 0 Å². The number of nitrogens with one attached hydrogen (secondary N) is 1. The van der Waals surface area contributed by atoms with Crippen LogP contribution in [-0.4, -0.2) is 20.6 Å². The van der Waals surface area contributed by atoms with Gasteiger partial charge in [0.15, 0.2) is 5.69 Å². The van der Waals surface area contributed by atoms with E-state index in [0.717, 1.165) is 37.0 Å². The SMILES string of the molecule is O=C(NC1c2ccccc2CCC1n1ccnc1)c1cc(C2CC2)on1.